The van der Waals surface area contributed by atoms with E-state index in [1.54, 1.807) is 0 Å². The Labute approximate surface area is 130 Å². The van der Waals surface area contributed by atoms with Crippen molar-refractivity contribution in [3.05, 3.63) is 28.2 Å². The summed E-state index contributed by atoms with van der Waals surface area (Å²) < 4.78 is 6.85. The summed E-state index contributed by atoms with van der Waals surface area (Å²) in [4.78, 5) is 2.46. The van der Waals surface area contributed by atoms with Crippen LogP contribution in [0.25, 0.3) is 0 Å². The Kier molecular flexibility index (Phi) is 5.47. The minimum atomic E-state index is -0.0270. The van der Waals surface area contributed by atoms with Crippen LogP contribution in [0.15, 0.2) is 22.7 Å². The Morgan fingerprint density at radius 2 is 2.25 bits per heavy atom. The molecule has 0 bridgehead atoms. The van der Waals surface area contributed by atoms with Crippen LogP contribution in [0.5, 0.6) is 0 Å². The van der Waals surface area contributed by atoms with Crippen LogP contribution in [-0.4, -0.2) is 32.3 Å². The highest BCUT2D eigenvalue weighted by Crippen LogP contribution is 2.31. The molecule has 1 fully saturated rings. The quantitative estimate of drug-likeness (QED) is 0.886. The Balaban J connectivity index is 2.22. The largest absolute Gasteiger partial charge is 0.377 e. The number of ether oxygens (including phenoxy) is 1. The maximum Gasteiger partial charge on any atom is 0.0825 e. The summed E-state index contributed by atoms with van der Waals surface area (Å²) in [6, 6.07) is 6.57. The molecule has 1 aromatic rings. The molecule has 0 saturated carbocycles. The van der Waals surface area contributed by atoms with Gasteiger partial charge in [0.05, 0.1) is 5.60 Å². The lowest BCUT2D eigenvalue weighted by Crippen LogP contribution is -2.47. The van der Waals surface area contributed by atoms with Crippen molar-refractivity contribution in [1.82, 2.24) is 5.32 Å². The van der Waals surface area contributed by atoms with Crippen molar-refractivity contribution in [2.24, 2.45) is 0 Å². The molecule has 1 saturated heterocycles. The first-order valence-corrected chi connectivity index (χ1v) is 8.16. The minimum absolute atomic E-state index is 0.0270. The van der Waals surface area contributed by atoms with Gasteiger partial charge in [-0.2, -0.15) is 0 Å². The van der Waals surface area contributed by atoms with Gasteiger partial charge in [-0.05, 0) is 50.1 Å². The first-order chi connectivity index (χ1) is 9.58. The third kappa shape index (κ3) is 3.74. The molecule has 1 aliphatic heterocycles. The summed E-state index contributed by atoms with van der Waals surface area (Å²) in [6.07, 6.45) is 2.32. The van der Waals surface area contributed by atoms with Crippen molar-refractivity contribution >= 4 is 21.6 Å². The predicted octanol–water partition coefficient (Wildman–Crippen LogP) is 3.56. The molecule has 1 atom stereocenters. The molecule has 1 aliphatic rings. The number of anilines is 1. The van der Waals surface area contributed by atoms with E-state index in [9.17, 15) is 0 Å². The second-order valence-electron chi connectivity index (χ2n) is 5.73. The Bertz CT molecular complexity index is 452. The van der Waals surface area contributed by atoms with Gasteiger partial charge in [0.15, 0.2) is 0 Å². The van der Waals surface area contributed by atoms with Crippen molar-refractivity contribution in [2.45, 2.75) is 38.8 Å². The fourth-order valence-electron chi connectivity index (χ4n) is 2.84. The number of methoxy groups -OCH3 is 1. The van der Waals surface area contributed by atoms with Crippen LogP contribution in [-0.2, 0) is 11.3 Å². The zero-order chi connectivity index (χ0) is 14.6. The monoisotopic (exact) mass is 340 g/mol. The molecule has 0 amide bonds. The highest BCUT2D eigenvalue weighted by Gasteiger charge is 2.31. The lowest BCUT2D eigenvalue weighted by Gasteiger charge is -2.41. The van der Waals surface area contributed by atoms with E-state index in [0.717, 1.165) is 37.1 Å². The van der Waals surface area contributed by atoms with E-state index in [1.807, 2.05) is 7.11 Å². The van der Waals surface area contributed by atoms with Gasteiger partial charge in [-0.3, -0.25) is 0 Å². The third-order valence-corrected chi connectivity index (χ3v) is 4.59. The van der Waals surface area contributed by atoms with E-state index < -0.39 is 0 Å². The second kappa shape index (κ2) is 6.92. The highest BCUT2D eigenvalue weighted by atomic mass is 79.9. The average Bonchev–Trinajstić information content (AvgIpc) is 2.45. The zero-order valence-corrected chi connectivity index (χ0v) is 14.3. The maximum atomic E-state index is 5.71. The molecule has 4 heteroatoms. The molecule has 0 aromatic heterocycles. The molecule has 0 spiro atoms. The van der Waals surface area contributed by atoms with Gasteiger partial charge in [-0.15, -0.1) is 0 Å². The van der Waals surface area contributed by atoms with E-state index >= 15 is 0 Å². The summed E-state index contributed by atoms with van der Waals surface area (Å²) in [6.45, 7) is 8.32. The first-order valence-electron chi connectivity index (χ1n) is 7.37. The highest BCUT2D eigenvalue weighted by molar-refractivity contribution is 9.10. The lowest BCUT2D eigenvalue weighted by molar-refractivity contribution is -0.00468. The molecule has 0 aliphatic carbocycles. The minimum Gasteiger partial charge on any atom is -0.377 e. The van der Waals surface area contributed by atoms with Crippen LogP contribution in [0.4, 0.5) is 5.69 Å². The normalized spacial score (nSPS) is 23.1. The van der Waals surface area contributed by atoms with Crippen LogP contribution in [0, 0.1) is 0 Å². The average molecular weight is 341 g/mol. The summed E-state index contributed by atoms with van der Waals surface area (Å²) in [5, 5.41) is 3.43. The van der Waals surface area contributed by atoms with Crippen LogP contribution < -0.4 is 10.2 Å². The molecule has 112 valence electrons. The Morgan fingerprint density at radius 3 is 2.95 bits per heavy atom. The van der Waals surface area contributed by atoms with E-state index in [2.05, 4.69) is 58.2 Å². The first kappa shape index (κ1) is 15.8. The van der Waals surface area contributed by atoms with Crippen LogP contribution in [0.2, 0.25) is 0 Å². The SMILES string of the molecule is CCNCc1cc(Br)ccc1N1CCCC(C)(OC)C1. The number of nitrogens with one attached hydrogen (secondary N) is 1. The molecule has 0 radical (unpaired) electrons. The molecule has 3 nitrogen and oxygen atoms in total. The van der Waals surface area contributed by atoms with Gasteiger partial charge >= 0.3 is 0 Å². The fourth-order valence-corrected chi connectivity index (χ4v) is 3.25. The molecule has 1 aromatic carbocycles. The number of hydrogen-bond donors (Lipinski definition) is 1. The van der Waals surface area contributed by atoms with Gasteiger partial charge in [-0.1, -0.05) is 22.9 Å². The predicted molar refractivity (Wildman–Crippen MR) is 88.4 cm³/mol. The Morgan fingerprint density at radius 1 is 1.45 bits per heavy atom. The second-order valence-corrected chi connectivity index (χ2v) is 6.65. The van der Waals surface area contributed by atoms with Gasteiger partial charge in [-0.25, -0.2) is 0 Å². The number of halogens is 1. The number of benzene rings is 1. The zero-order valence-electron chi connectivity index (χ0n) is 12.7. The molecule has 1 unspecified atom stereocenters. The summed E-state index contributed by atoms with van der Waals surface area (Å²) in [7, 11) is 1.82. The van der Waals surface area contributed by atoms with Crippen LogP contribution >= 0.6 is 15.9 Å². The van der Waals surface area contributed by atoms with E-state index in [1.165, 1.54) is 17.7 Å². The standard InChI is InChI=1S/C16H25BrN2O/c1-4-18-11-13-10-14(17)6-7-15(13)19-9-5-8-16(2,12-19)20-3/h6-7,10,18H,4-5,8-9,11-12H2,1-3H3. The number of nitrogens with zero attached hydrogens (tertiary/aromatic N) is 1. The van der Waals surface area contributed by atoms with Gasteiger partial charge in [0, 0.05) is 36.9 Å². The van der Waals surface area contributed by atoms with E-state index in [-0.39, 0.29) is 5.60 Å². The molecular formula is C16H25BrN2O. The van der Waals surface area contributed by atoms with E-state index in [4.69, 9.17) is 4.74 Å². The van der Waals surface area contributed by atoms with Crippen LogP contribution in [0.1, 0.15) is 32.3 Å². The van der Waals surface area contributed by atoms with Crippen molar-refractivity contribution in [2.75, 3.05) is 31.6 Å². The molecule has 2 rings (SSSR count). The number of piperidine rings is 1. The number of rotatable bonds is 5. The summed E-state index contributed by atoms with van der Waals surface area (Å²) in [5.41, 5.74) is 2.65. The van der Waals surface area contributed by atoms with Gasteiger partial charge < -0.3 is 15.0 Å². The summed E-state index contributed by atoms with van der Waals surface area (Å²) >= 11 is 3.58. The van der Waals surface area contributed by atoms with Crippen molar-refractivity contribution < 1.29 is 4.74 Å². The molecule has 1 N–H and O–H groups in total. The Hall–Kier alpha value is -0.580. The smallest absolute Gasteiger partial charge is 0.0825 e. The van der Waals surface area contributed by atoms with Crippen molar-refractivity contribution in [3.8, 4) is 0 Å². The van der Waals surface area contributed by atoms with Crippen molar-refractivity contribution in [3.63, 3.8) is 0 Å². The van der Waals surface area contributed by atoms with Gasteiger partial charge in [0.25, 0.3) is 0 Å². The van der Waals surface area contributed by atoms with Gasteiger partial charge in [0.2, 0.25) is 0 Å². The fraction of sp³-hybridized carbons (Fsp3) is 0.625. The van der Waals surface area contributed by atoms with Crippen molar-refractivity contribution in [1.29, 1.82) is 0 Å². The summed E-state index contributed by atoms with van der Waals surface area (Å²) in [5.74, 6) is 0. The third-order valence-electron chi connectivity index (χ3n) is 4.10. The maximum absolute atomic E-state index is 5.71. The van der Waals surface area contributed by atoms with Crippen LogP contribution in [0.3, 0.4) is 0 Å². The van der Waals surface area contributed by atoms with Gasteiger partial charge in [0.1, 0.15) is 0 Å². The lowest BCUT2D eigenvalue weighted by atomic mass is 9.94. The number of hydrogen-bond acceptors (Lipinski definition) is 3. The molecule has 20 heavy (non-hydrogen) atoms. The van der Waals surface area contributed by atoms with E-state index in [0.29, 0.717) is 0 Å². The molecule has 1 heterocycles. The topological polar surface area (TPSA) is 24.5 Å². The molecular weight excluding hydrogens is 316 g/mol.